The Hall–Kier alpha value is -2.09. The van der Waals surface area contributed by atoms with E-state index >= 15 is 0 Å². The van der Waals surface area contributed by atoms with Crippen LogP contribution in [0.1, 0.15) is 36.5 Å². The highest BCUT2D eigenvalue weighted by Gasteiger charge is 2.21. The molecule has 0 aliphatic carbocycles. The van der Waals surface area contributed by atoms with E-state index in [1.807, 2.05) is 6.92 Å². The maximum absolute atomic E-state index is 12.5. The second kappa shape index (κ2) is 7.21. The third-order valence-corrected chi connectivity index (χ3v) is 4.34. The fourth-order valence-electron chi connectivity index (χ4n) is 3.01. The molecule has 0 saturated carbocycles. The van der Waals surface area contributed by atoms with E-state index in [2.05, 4.69) is 14.9 Å². The van der Waals surface area contributed by atoms with E-state index in [9.17, 15) is 13.6 Å². The van der Waals surface area contributed by atoms with Gasteiger partial charge >= 0.3 is 0 Å². The third kappa shape index (κ3) is 4.05. The quantitative estimate of drug-likeness (QED) is 0.838. The van der Waals surface area contributed by atoms with E-state index in [1.165, 1.54) is 10.9 Å². The second-order valence-corrected chi connectivity index (χ2v) is 6.18. The molecular formula is C16H20F2N4O2. The molecule has 1 saturated heterocycles. The first-order valence-corrected chi connectivity index (χ1v) is 7.99. The van der Waals surface area contributed by atoms with Crippen LogP contribution in [0.5, 0.6) is 0 Å². The van der Waals surface area contributed by atoms with Gasteiger partial charge in [0.25, 0.3) is 12.0 Å². The summed E-state index contributed by atoms with van der Waals surface area (Å²) in [5.74, 6) is 1.01. The molecule has 1 aliphatic rings. The summed E-state index contributed by atoms with van der Waals surface area (Å²) in [7, 11) is 0. The summed E-state index contributed by atoms with van der Waals surface area (Å²) < 4.78 is 31.7. The van der Waals surface area contributed by atoms with Crippen molar-refractivity contribution in [3.63, 3.8) is 0 Å². The van der Waals surface area contributed by atoms with Crippen LogP contribution in [0.15, 0.2) is 27.9 Å². The number of aromatic nitrogens is 3. The van der Waals surface area contributed by atoms with E-state index in [1.54, 1.807) is 6.26 Å². The van der Waals surface area contributed by atoms with Crippen molar-refractivity contribution < 1.29 is 13.2 Å². The molecule has 6 nitrogen and oxygen atoms in total. The molecule has 0 spiro atoms. The number of hydrogen-bond donors (Lipinski definition) is 0. The molecule has 3 rings (SSSR count). The number of alkyl halides is 2. The van der Waals surface area contributed by atoms with Gasteiger partial charge in [0.15, 0.2) is 5.89 Å². The Morgan fingerprint density at radius 2 is 2.12 bits per heavy atom. The topological polar surface area (TPSA) is 64.2 Å². The smallest absolute Gasteiger partial charge is 0.280 e. The van der Waals surface area contributed by atoms with Crippen LogP contribution in [0, 0.1) is 12.8 Å². The molecule has 8 heteroatoms. The summed E-state index contributed by atoms with van der Waals surface area (Å²) in [5.41, 5.74) is 0.0451. The predicted octanol–water partition coefficient (Wildman–Crippen LogP) is 2.39. The summed E-state index contributed by atoms with van der Waals surface area (Å²) in [6.07, 6.45) is 2.08. The normalized spacial score (nSPS) is 16.8. The largest absolute Gasteiger partial charge is 0.449 e. The first kappa shape index (κ1) is 16.8. The van der Waals surface area contributed by atoms with Gasteiger partial charge in [-0.2, -0.15) is 0 Å². The van der Waals surface area contributed by atoms with Gasteiger partial charge in [0.05, 0.1) is 12.0 Å². The highest BCUT2D eigenvalue weighted by atomic mass is 19.3. The molecule has 0 aromatic carbocycles. The minimum absolute atomic E-state index is 0.345. The maximum Gasteiger partial charge on any atom is 0.280 e. The molecule has 2 aromatic heterocycles. The van der Waals surface area contributed by atoms with Crippen molar-refractivity contribution >= 4 is 0 Å². The van der Waals surface area contributed by atoms with E-state index in [0.717, 1.165) is 44.2 Å². The zero-order valence-corrected chi connectivity index (χ0v) is 13.5. The zero-order valence-electron chi connectivity index (χ0n) is 13.5. The number of aryl methyl sites for hydroxylation is 1. The van der Waals surface area contributed by atoms with Crippen LogP contribution in [0.2, 0.25) is 0 Å². The number of hydrogen-bond acceptors (Lipinski definition) is 5. The molecular weight excluding hydrogens is 318 g/mol. The number of rotatable bonds is 5. The lowest BCUT2D eigenvalue weighted by atomic mass is 9.96. The molecule has 0 atom stereocenters. The molecule has 1 fully saturated rings. The Labute approximate surface area is 138 Å². The number of oxazole rings is 1. The number of halogens is 2. The van der Waals surface area contributed by atoms with E-state index < -0.39 is 17.7 Å². The summed E-state index contributed by atoms with van der Waals surface area (Å²) in [6, 6.07) is 0.923. The average Bonchev–Trinajstić information content (AvgIpc) is 2.96. The summed E-state index contributed by atoms with van der Waals surface area (Å²) in [6.45, 7) is 4.92. The molecule has 24 heavy (non-hydrogen) atoms. The molecule has 0 N–H and O–H groups in total. The highest BCUT2D eigenvalue weighted by Crippen LogP contribution is 2.20. The Balaban J connectivity index is 1.53. The molecule has 2 aromatic rings. The fraction of sp³-hybridized carbons (Fsp3) is 0.562. The lowest BCUT2D eigenvalue weighted by molar-refractivity contribution is 0.144. The van der Waals surface area contributed by atoms with Gasteiger partial charge in [-0.15, -0.1) is 0 Å². The lowest BCUT2D eigenvalue weighted by Crippen LogP contribution is -2.36. The van der Waals surface area contributed by atoms with Gasteiger partial charge in [0.2, 0.25) is 0 Å². The van der Waals surface area contributed by atoms with E-state index in [4.69, 9.17) is 4.42 Å². The summed E-state index contributed by atoms with van der Waals surface area (Å²) >= 11 is 0. The molecule has 3 heterocycles. The van der Waals surface area contributed by atoms with Gasteiger partial charge in [-0.25, -0.2) is 18.7 Å². The molecule has 0 unspecified atom stereocenters. The summed E-state index contributed by atoms with van der Waals surface area (Å²) in [5, 5.41) is 0. The van der Waals surface area contributed by atoms with Crippen molar-refractivity contribution in [2.75, 3.05) is 13.1 Å². The van der Waals surface area contributed by atoms with Crippen molar-refractivity contribution in [2.24, 2.45) is 5.92 Å². The van der Waals surface area contributed by atoms with Crippen molar-refractivity contribution in [1.29, 1.82) is 0 Å². The number of piperidine rings is 1. The molecule has 130 valence electrons. The van der Waals surface area contributed by atoms with Crippen LogP contribution < -0.4 is 5.56 Å². The maximum atomic E-state index is 12.5. The predicted molar refractivity (Wildman–Crippen MR) is 82.7 cm³/mol. The van der Waals surface area contributed by atoms with Crippen molar-refractivity contribution in [3.8, 4) is 0 Å². The van der Waals surface area contributed by atoms with E-state index in [0.29, 0.717) is 18.4 Å². The van der Waals surface area contributed by atoms with E-state index in [-0.39, 0.29) is 0 Å². The van der Waals surface area contributed by atoms with Crippen LogP contribution in [-0.2, 0) is 13.1 Å². The summed E-state index contributed by atoms with van der Waals surface area (Å²) in [4.78, 5) is 22.2. The van der Waals surface area contributed by atoms with Crippen molar-refractivity contribution in [1.82, 2.24) is 19.4 Å². The average molecular weight is 338 g/mol. The Morgan fingerprint density at radius 3 is 2.71 bits per heavy atom. The molecule has 0 amide bonds. The third-order valence-electron chi connectivity index (χ3n) is 4.34. The molecule has 1 aliphatic heterocycles. The van der Waals surface area contributed by atoms with Crippen LogP contribution in [-0.4, -0.2) is 32.5 Å². The van der Waals surface area contributed by atoms with Gasteiger partial charge < -0.3 is 4.42 Å². The van der Waals surface area contributed by atoms with Crippen LogP contribution in [0.4, 0.5) is 8.78 Å². The van der Waals surface area contributed by atoms with Gasteiger partial charge in [0, 0.05) is 26.1 Å². The molecule has 0 bridgehead atoms. The fourth-order valence-corrected chi connectivity index (χ4v) is 3.01. The Bertz CT molecular complexity index is 736. The number of nitrogens with zero attached hydrogens (tertiary/aromatic N) is 4. The van der Waals surface area contributed by atoms with Crippen LogP contribution in [0.3, 0.4) is 0 Å². The lowest BCUT2D eigenvalue weighted by Gasteiger charge is -2.31. The standard InChI is InChI=1S/C16H20F2N4O2/c1-11-20-13(9-24-11)8-21-4-2-12(3-5-21)7-22-10-19-14(16(17)18)6-15(22)23/h6,9-10,12,16H,2-5,7-8H2,1H3. The van der Waals surface area contributed by atoms with Crippen molar-refractivity contribution in [2.45, 2.75) is 39.3 Å². The minimum atomic E-state index is -2.71. The Morgan fingerprint density at radius 1 is 1.38 bits per heavy atom. The zero-order chi connectivity index (χ0) is 17.1. The highest BCUT2D eigenvalue weighted by molar-refractivity contribution is 5.01. The van der Waals surface area contributed by atoms with Gasteiger partial charge in [-0.05, 0) is 31.8 Å². The van der Waals surface area contributed by atoms with Crippen molar-refractivity contribution in [3.05, 3.63) is 46.3 Å². The number of likely N-dealkylation sites (tertiary alicyclic amines) is 1. The van der Waals surface area contributed by atoms with Crippen LogP contribution in [0.25, 0.3) is 0 Å². The first-order chi connectivity index (χ1) is 11.5. The Kier molecular flexibility index (Phi) is 5.03. The minimum Gasteiger partial charge on any atom is -0.449 e. The molecule has 0 radical (unpaired) electrons. The van der Waals surface area contributed by atoms with Gasteiger partial charge in [-0.3, -0.25) is 14.3 Å². The SMILES string of the molecule is Cc1nc(CN2CCC(Cn3cnc(C(F)F)cc3=O)CC2)co1. The van der Waals surface area contributed by atoms with Crippen LogP contribution >= 0.6 is 0 Å². The first-order valence-electron chi connectivity index (χ1n) is 7.99. The monoisotopic (exact) mass is 338 g/mol. The van der Waals surface area contributed by atoms with Gasteiger partial charge in [0.1, 0.15) is 12.0 Å². The second-order valence-electron chi connectivity index (χ2n) is 6.18. The van der Waals surface area contributed by atoms with Gasteiger partial charge in [-0.1, -0.05) is 0 Å².